The van der Waals surface area contributed by atoms with Crippen LogP contribution in [0.4, 0.5) is 4.39 Å². The minimum atomic E-state index is -0.531. The number of amides is 1. The van der Waals surface area contributed by atoms with Crippen LogP contribution in [0.1, 0.15) is 20.2 Å². The topological polar surface area (TPSA) is 42.0 Å². The van der Waals surface area contributed by atoms with E-state index in [2.05, 4.69) is 26.2 Å². The molecule has 2 aromatic rings. The number of thiazole rings is 1. The molecule has 1 N–H and O–H groups in total. The van der Waals surface area contributed by atoms with E-state index < -0.39 is 11.7 Å². The lowest BCUT2D eigenvalue weighted by atomic mass is 10.2. The molecule has 94 valence electrons. The molecule has 0 aliphatic rings. The average molecular weight is 329 g/mol. The second-order valence-corrected chi connectivity index (χ2v) is 5.89. The van der Waals surface area contributed by atoms with Crippen molar-refractivity contribution in [3.8, 4) is 0 Å². The molecular formula is C12H10BrFN2OS. The van der Waals surface area contributed by atoms with Gasteiger partial charge in [-0.25, -0.2) is 9.37 Å². The van der Waals surface area contributed by atoms with E-state index in [0.717, 1.165) is 9.88 Å². The fraction of sp³-hybridized carbons (Fsp3) is 0.167. The molecule has 0 radical (unpaired) electrons. The van der Waals surface area contributed by atoms with Crippen molar-refractivity contribution in [2.24, 2.45) is 0 Å². The third kappa shape index (κ3) is 3.14. The number of aromatic nitrogens is 1. The molecule has 1 amide bonds. The molecule has 1 heterocycles. The summed E-state index contributed by atoms with van der Waals surface area (Å²) in [4.78, 5) is 16.8. The number of aryl methyl sites for hydroxylation is 1. The highest BCUT2D eigenvalue weighted by Gasteiger charge is 2.12. The van der Waals surface area contributed by atoms with Crippen molar-refractivity contribution < 1.29 is 9.18 Å². The number of carbonyl (C=O) groups is 1. The molecule has 0 aliphatic carbocycles. The van der Waals surface area contributed by atoms with Crippen LogP contribution in [-0.4, -0.2) is 10.9 Å². The van der Waals surface area contributed by atoms with Gasteiger partial charge in [0.05, 0.1) is 17.1 Å². The largest absolute Gasteiger partial charge is 0.347 e. The van der Waals surface area contributed by atoms with Gasteiger partial charge in [0, 0.05) is 15.5 Å². The monoisotopic (exact) mass is 328 g/mol. The maximum Gasteiger partial charge on any atom is 0.254 e. The van der Waals surface area contributed by atoms with Crippen molar-refractivity contribution >= 4 is 33.2 Å². The van der Waals surface area contributed by atoms with E-state index in [9.17, 15) is 9.18 Å². The number of rotatable bonds is 3. The fourth-order valence-corrected chi connectivity index (χ4v) is 2.52. The smallest absolute Gasteiger partial charge is 0.254 e. The second-order valence-electron chi connectivity index (χ2n) is 3.65. The first-order valence-electron chi connectivity index (χ1n) is 5.21. The van der Waals surface area contributed by atoms with Gasteiger partial charge in [-0.1, -0.05) is 15.9 Å². The summed E-state index contributed by atoms with van der Waals surface area (Å²) in [5.74, 6) is -0.962. The van der Waals surface area contributed by atoms with Crippen molar-refractivity contribution in [3.63, 3.8) is 0 Å². The van der Waals surface area contributed by atoms with Crippen LogP contribution >= 0.6 is 27.3 Å². The Kier molecular flexibility index (Phi) is 4.08. The van der Waals surface area contributed by atoms with Crippen LogP contribution in [0.15, 0.2) is 28.9 Å². The Morgan fingerprint density at radius 1 is 1.56 bits per heavy atom. The Morgan fingerprint density at radius 3 is 3.00 bits per heavy atom. The summed E-state index contributed by atoms with van der Waals surface area (Å²) in [7, 11) is 0. The zero-order chi connectivity index (χ0) is 13.1. The molecule has 3 nitrogen and oxygen atoms in total. The van der Waals surface area contributed by atoms with Crippen LogP contribution < -0.4 is 5.32 Å². The second kappa shape index (κ2) is 5.58. The summed E-state index contributed by atoms with van der Waals surface area (Å²) in [5, 5.41) is 3.61. The summed E-state index contributed by atoms with van der Waals surface area (Å²) < 4.78 is 14.1. The summed E-state index contributed by atoms with van der Waals surface area (Å²) >= 11 is 4.71. The number of benzene rings is 1. The number of hydrogen-bond acceptors (Lipinski definition) is 3. The van der Waals surface area contributed by atoms with Gasteiger partial charge in [-0.2, -0.15) is 0 Å². The van der Waals surface area contributed by atoms with Crippen LogP contribution in [-0.2, 0) is 6.54 Å². The molecule has 0 aliphatic heterocycles. The molecule has 0 spiro atoms. The third-order valence-electron chi connectivity index (χ3n) is 2.27. The Bertz CT molecular complexity index is 585. The van der Waals surface area contributed by atoms with Gasteiger partial charge in [0.25, 0.3) is 5.91 Å². The lowest BCUT2D eigenvalue weighted by molar-refractivity contribution is 0.0947. The van der Waals surface area contributed by atoms with Crippen molar-refractivity contribution in [1.82, 2.24) is 10.3 Å². The standard InChI is InChI=1S/C12H10BrFN2OS/c1-7-15-5-9(18-7)6-16-12(17)10-4-8(13)2-3-11(10)14/h2-5H,6H2,1H3,(H,16,17). The number of halogens is 2. The molecule has 0 bridgehead atoms. The van der Waals surface area contributed by atoms with E-state index in [4.69, 9.17) is 0 Å². The van der Waals surface area contributed by atoms with Gasteiger partial charge in [-0.05, 0) is 25.1 Å². The van der Waals surface area contributed by atoms with E-state index in [1.165, 1.54) is 23.5 Å². The van der Waals surface area contributed by atoms with Crippen LogP contribution in [0.2, 0.25) is 0 Å². The van der Waals surface area contributed by atoms with Crippen LogP contribution in [0.25, 0.3) is 0 Å². The van der Waals surface area contributed by atoms with Gasteiger partial charge in [-0.15, -0.1) is 11.3 Å². The maximum absolute atomic E-state index is 13.5. The highest BCUT2D eigenvalue weighted by molar-refractivity contribution is 9.10. The number of nitrogens with one attached hydrogen (secondary N) is 1. The Morgan fingerprint density at radius 2 is 2.33 bits per heavy atom. The van der Waals surface area contributed by atoms with Crippen LogP contribution in [0.3, 0.4) is 0 Å². The predicted octanol–water partition coefficient (Wildman–Crippen LogP) is 3.28. The molecule has 6 heteroatoms. The SMILES string of the molecule is Cc1ncc(CNC(=O)c2cc(Br)ccc2F)s1. The molecule has 18 heavy (non-hydrogen) atoms. The van der Waals surface area contributed by atoms with Gasteiger partial charge < -0.3 is 5.32 Å². The first-order chi connectivity index (χ1) is 8.56. The van der Waals surface area contributed by atoms with E-state index in [1.54, 1.807) is 12.3 Å². The predicted molar refractivity (Wildman–Crippen MR) is 72.1 cm³/mol. The van der Waals surface area contributed by atoms with Crippen LogP contribution in [0, 0.1) is 12.7 Å². The van der Waals surface area contributed by atoms with Gasteiger partial charge in [0.2, 0.25) is 0 Å². The van der Waals surface area contributed by atoms with Crippen molar-refractivity contribution in [3.05, 3.63) is 50.1 Å². The molecular weight excluding hydrogens is 319 g/mol. The van der Waals surface area contributed by atoms with Gasteiger partial charge >= 0.3 is 0 Å². The third-order valence-corrected chi connectivity index (χ3v) is 3.67. The molecule has 1 aromatic heterocycles. The Balaban J connectivity index is 2.05. The van der Waals surface area contributed by atoms with Crippen LogP contribution in [0.5, 0.6) is 0 Å². The summed E-state index contributed by atoms with van der Waals surface area (Å²) in [6.07, 6.45) is 1.71. The zero-order valence-corrected chi connectivity index (χ0v) is 11.9. The average Bonchev–Trinajstić information content (AvgIpc) is 2.75. The van der Waals surface area contributed by atoms with Gasteiger partial charge in [0.15, 0.2) is 0 Å². The summed E-state index contributed by atoms with van der Waals surface area (Å²) in [5.41, 5.74) is 0.0330. The lowest BCUT2D eigenvalue weighted by Crippen LogP contribution is -2.23. The zero-order valence-electron chi connectivity index (χ0n) is 9.54. The molecule has 0 atom stereocenters. The van der Waals surface area contributed by atoms with E-state index >= 15 is 0 Å². The van der Waals surface area contributed by atoms with E-state index in [-0.39, 0.29) is 5.56 Å². The van der Waals surface area contributed by atoms with E-state index in [0.29, 0.717) is 11.0 Å². The number of hydrogen-bond donors (Lipinski definition) is 1. The minimum absolute atomic E-state index is 0.0330. The summed E-state index contributed by atoms with van der Waals surface area (Å²) in [6.45, 7) is 2.25. The lowest BCUT2D eigenvalue weighted by Gasteiger charge is -2.05. The molecule has 0 fully saturated rings. The fourth-order valence-electron chi connectivity index (χ4n) is 1.42. The molecule has 2 rings (SSSR count). The number of nitrogens with zero attached hydrogens (tertiary/aromatic N) is 1. The van der Waals surface area contributed by atoms with Gasteiger partial charge in [-0.3, -0.25) is 4.79 Å². The van der Waals surface area contributed by atoms with E-state index in [1.807, 2.05) is 6.92 Å². The quantitative estimate of drug-likeness (QED) is 0.939. The van der Waals surface area contributed by atoms with Gasteiger partial charge in [0.1, 0.15) is 5.82 Å². The first kappa shape index (κ1) is 13.2. The first-order valence-corrected chi connectivity index (χ1v) is 6.82. The number of carbonyl (C=O) groups excluding carboxylic acids is 1. The van der Waals surface area contributed by atoms with Crippen molar-refractivity contribution in [1.29, 1.82) is 0 Å². The Labute approximate surface area is 116 Å². The molecule has 1 aromatic carbocycles. The normalized spacial score (nSPS) is 10.4. The Hall–Kier alpha value is -1.27. The molecule has 0 saturated heterocycles. The van der Waals surface area contributed by atoms with Crippen molar-refractivity contribution in [2.75, 3.05) is 0 Å². The highest BCUT2D eigenvalue weighted by atomic mass is 79.9. The highest BCUT2D eigenvalue weighted by Crippen LogP contribution is 2.16. The summed E-state index contributed by atoms with van der Waals surface area (Å²) in [6, 6.07) is 4.27. The van der Waals surface area contributed by atoms with Crippen molar-refractivity contribution in [2.45, 2.75) is 13.5 Å². The minimum Gasteiger partial charge on any atom is -0.347 e. The molecule has 0 saturated carbocycles. The maximum atomic E-state index is 13.5. The molecule has 0 unspecified atom stereocenters.